The first-order valence-corrected chi connectivity index (χ1v) is 7.65. The van der Waals surface area contributed by atoms with E-state index in [2.05, 4.69) is 76.2 Å². The highest BCUT2D eigenvalue weighted by molar-refractivity contribution is 6.02. The van der Waals surface area contributed by atoms with Crippen molar-refractivity contribution < 1.29 is 0 Å². The molecule has 0 N–H and O–H groups in total. The van der Waals surface area contributed by atoms with Gasteiger partial charge in [0.1, 0.15) is 0 Å². The molecule has 0 heterocycles. The minimum absolute atomic E-state index is 0.0881. The molecule has 3 aromatic carbocycles. The molecule has 0 radical (unpaired) electrons. The molecule has 0 spiro atoms. The van der Waals surface area contributed by atoms with Gasteiger partial charge in [-0.05, 0) is 58.0 Å². The molecule has 3 aromatic rings. The summed E-state index contributed by atoms with van der Waals surface area (Å²) in [6, 6.07) is 17.9. The molecule has 1 aliphatic carbocycles. The SMILES string of the molecule is Cc1ccc2c(c1C)C(C)(C)c1ccc3ccccc3c1-2. The highest BCUT2D eigenvalue weighted by Gasteiger charge is 2.37. The first kappa shape index (κ1) is 12.6. The fraction of sp³-hybridized carbons (Fsp3) is 0.238. The second-order valence-corrected chi connectivity index (χ2v) is 6.76. The molecular weight excluding hydrogens is 252 g/mol. The molecule has 4 rings (SSSR count). The summed E-state index contributed by atoms with van der Waals surface area (Å²) in [6.45, 7) is 9.20. The van der Waals surface area contributed by atoms with Crippen LogP contribution >= 0.6 is 0 Å². The van der Waals surface area contributed by atoms with Crippen molar-refractivity contribution in [3.05, 3.63) is 70.8 Å². The molecule has 0 aliphatic heterocycles. The lowest BCUT2D eigenvalue weighted by Crippen LogP contribution is -2.16. The maximum absolute atomic E-state index is 2.36. The lowest BCUT2D eigenvalue weighted by atomic mass is 9.79. The Balaban J connectivity index is 2.22. The second-order valence-electron chi connectivity index (χ2n) is 6.76. The molecule has 0 saturated carbocycles. The number of rotatable bonds is 0. The predicted octanol–water partition coefficient (Wildman–Crippen LogP) is 5.76. The zero-order valence-corrected chi connectivity index (χ0v) is 13.1. The van der Waals surface area contributed by atoms with Crippen LogP contribution in [0.5, 0.6) is 0 Å². The van der Waals surface area contributed by atoms with E-state index in [9.17, 15) is 0 Å². The van der Waals surface area contributed by atoms with E-state index < -0.39 is 0 Å². The van der Waals surface area contributed by atoms with Crippen LogP contribution in [0.2, 0.25) is 0 Å². The number of hydrogen-bond acceptors (Lipinski definition) is 0. The Morgan fingerprint density at radius 3 is 2.38 bits per heavy atom. The highest BCUT2D eigenvalue weighted by atomic mass is 14.4. The summed E-state index contributed by atoms with van der Waals surface area (Å²) < 4.78 is 0. The minimum Gasteiger partial charge on any atom is -0.0616 e. The van der Waals surface area contributed by atoms with Gasteiger partial charge in [-0.1, -0.05) is 62.4 Å². The Labute approximate surface area is 126 Å². The Kier molecular flexibility index (Phi) is 2.39. The molecule has 0 nitrogen and oxygen atoms in total. The summed E-state index contributed by atoms with van der Waals surface area (Å²) in [4.78, 5) is 0. The maximum Gasteiger partial charge on any atom is 0.0161 e. The van der Waals surface area contributed by atoms with Crippen LogP contribution in [0, 0.1) is 13.8 Å². The van der Waals surface area contributed by atoms with Gasteiger partial charge in [-0.3, -0.25) is 0 Å². The van der Waals surface area contributed by atoms with Gasteiger partial charge in [-0.15, -0.1) is 0 Å². The number of fused-ring (bicyclic) bond motifs is 5. The third-order valence-corrected chi connectivity index (χ3v) is 5.23. The van der Waals surface area contributed by atoms with E-state index in [1.54, 1.807) is 0 Å². The van der Waals surface area contributed by atoms with Crippen LogP contribution in [0.1, 0.15) is 36.1 Å². The number of hydrogen-bond donors (Lipinski definition) is 0. The number of benzene rings is 3. The van der Waals surface area contributed by atoms with Crippen LogP contribution in [-0.4, -0.2) is 0 Å². The molecule has 0 aromatic heterocycles. The Morgan fingerprint density at radius 2 is 1.57 bits per heavy atom. The lowest BCUT2D eigenvalue weighted by molar-refractivity contribution is 0.655. The monoisotopic (exact) mass is 272 g/mol. The normalized spacial score (nSPS) is 15.0. The molecule has 104 valence electrons. The summed E-state index contributed by atoms with van der Waals surface area (Å²) in [5, 5.41) is 2.71. The van der Waals surface area contributed by atoms with E-state index >= 15 is 0 Å². The Bertz CT molecular complexity index is 882. The first-order chi connectivity index (χ1) is 10.0. The van der Waals surface area contributed by atoms with Crippen molar-refractivity contribution in [3.63, 3.8) is 0 Å². The van der Waals surface area contributed by atoms with Crippen molar-refractivity contribution in [2.24, 2.45) is 0 Å². The van der Waals surface area contributed by atoms with Gasteiger partial charge in [0, 0.05) is 5.41 Å². The quantitative estimate of drug-likeness (QED) is 0.488. The van der Waals surface area contributed by atoms with Gasteiger partial charge in [0.2, 0.25) is 0 Å². The maximum atomic E-state index is 2.36. The van der Waals surface area contributed by atoms with Gasteiger partial charge < -0.3 is 0 Å². The molecule has 0 atom stereocenters. The minimum atomic E-state index is 0.0881. The first-order valence-electron chi connectivity index (χ1n) is 7.65. The third-order valence-electron chi connectivity index (χ3n) is 5.23. The van der Waals surface area contributed by atoms with Crippen molar-refractivity contribution in [2.75, 3.05) is 0 Å². The second kappa shape index (κ2) is 3.98. The van der Waals surface area contributed by atoms with E-state index in [-0.39, 0.29) is 5.41 Å². The smallest absolute Gasteiger partial charge is 0.0161 e. The molecule has 0 unspecified atom stereocenters. The molecule has 1 aliphatic rings. The van der Waals surface area contributed by atoms with Gasteiger partial charge in [0.25, 0.3) is 0 Å². The van der Waals surface area contributed by atoms with Crippen LogP contribution in [-0.2, 0) is 5.41 Å². The van der Waals surface area contributed by atoms with Crippen LogP contribution in [0.3, 0.4) is 0 Å². The summed E-state index contributed by atoms with van der Waals surface area (Å²) in [6.07, 6.45) is 0. The van der Waals surface area contributed by atoms with Gasteiger partial charge in [0.15, 0.2) is 0 Å². The summed E-state index contributed by atoms with van der Waals surface area (Å²) in [7, 11) is 0. The molecule has 21 heavy (non-hydrogen) atoms. The van der Waals surface area contributed by atoms with E-state index in [0.717, 1.165) is 0 Å². The third kappa shape index (κ3) is 1.51. The largest absolute Gasteiger partial charge is 0.0616 e. The van der Waals surface area contributed by atoms with Crippen LogP contribution in [0.25, 0.3) is 21.9 Å². The molecule has 0 fully saturated rings. The van der Waals surface area contributed by atoms with Crippen molar-refractivity contribution >= 4 is 10.8 Å². The summed E-state index contributed by atoms with van der Waals surface area (Å²) >= 11 is 0. The molecule has 0 saturated heterocycles. The van der Waals surface area contributed by atoms with Gasteiger partial charge in [-0.2, -0.15) is 0 Å². The standard InChI is InChI=1S/C21H20/c1-13-9-11-17-19-16-8-6-5-7-15(16)10-12-18(19)21(3,4)20(17)14(13)2/h5-12H,1-4H3. The fourth-order valence-electron chi connectivity index (χ4n) is 4.05. The average Bonchev–Trinajstić information content (AvgIpc) is 2.71. The van der Waals surface area contributed by atoms with Crippen molar-refractivity contribution in [1.29, 1.82) is 0 Å². The van der Waals surface area contributed by atoms with Gasteiger partial charge in [0.05, 0.1) is 0 Å². The molecule has 0 bridgehead atoms. The number of aryl methyl sites for hydroxylation is 1. The van der Waals surface area contributed by atoms with Crippen LogP contribution in [0.15, 0.2) is 48.5 Å². The average molecular weight is 272 g/mol. The zero-order chi connectivity index (χ0) is 14.8. The van der Waals surface area contributed by atoms with E-state index in [1.165, 1.54) is 44.2 Å². The van der Waals surface area contributed by atoms with Crippen molar-refractivity contribution in [2.45, 2.75) is 33.1 Å². The summed E-state index contributed by atoms with van der Waals surface area (Å²) in [5.41, 5.74) is 8.76. The van der Waals surface area contributed by atoms with Crippen molar-refractivity contribution in [3.8, 4) is 11.1 Å². The highest BCUT2D eigenvalue weighted by Crippen LogP contribution is 2.52. The van der Waals surface area contributed by atoms with E-state index in [4.69, 9.17) is 0 Å². The van der Waals surface area contributed by atoms with Crippen molar-refractivity contribution in [1.82, 2.24) is 0 Å². The Morgan fingerprint density at radius 1 is 0.810 bits per heavy atom. The van der Waals surface area contributed by atoms with Crippen LogP contribution in [0.4, 0.5) is 0 Å². The molecule has 0 heteroatoms. The molecular formula is C21H20. The lowest BCUT2D eigenvalue weighted by Gasteiger charge is -2.24. The topological polar surface area (TPSA) is 0 Å². The van der Waals surface area contributed by atoms with E-state index in [1.807, 2.05) is 0 Å². The molecule has 0 amide bonds. The summed E-state index contributed by atoms with van der Waals surface area (Å²) in [5.74, 6) is 0. The van der Waals surface area contributed by atoms with E-state index in [0.29, 0.717) is 0 Å². The Hall–Kier alpha value is -2.08. The zero-order valence-electron chi connectivity index (χ0n) is 13.1. The van der Waals surface area contributed by atoms with Gasteiger partial charge >= 0.3 is 0 Å². The fourth-order valence-corrected chi connectivity index (χ4v) is 4.05. The van der Waals surface area contributed by atoms with Crippen LogP contribution < -0.4 is 0 Å². The predicted molar refractivity (Wildman–Crippen MR) is 91.0 cm³/mol. The van der Waals surface area contributed by atoms with Gasteiger partial charge in [-0.25, -0.2) is 0 Å².